The molecule has 0 N–H and O–H groups in total. The number of carbonyl (C=O) groups excluding carboxylic acids is 1. The molecule has 6 heteroatoms. The SMILES string of the molecule is COC(=O)CCCS(=O)(=O)N1CCC2CCCC=C2C1. The van der Waals surface area contributed by atoms with E-state index >= 15 is 0 Å². The number of hydrogen-bond acceptors (Lipinski definition) is 4. The number of methoxy groups -OCH3 is 1. The summed E-state index contributed by atoms with van der Waals surface area (Å²) in [6.45, 7) is 1.16. The smallest absolute Gasteiger partial charge is 0.305 e. The molecule has 1 heterocycles. The molecule has 1 aliphatic heterocycles. The van der Waals surface area contributed by atoms with Crippen molar-refractivity contribution in [3.63, 3.8) is 0 Å². The number of hydrogen-bond donors (Lipinski definition) is 0. The number of sulfonamides is 1. The quantitative estimate of drug-likeness (QED) is 0.573. The van der Waals surface area contributed by atoms with E-state index in [1.165, 1.54) is 25.5 Å². The van der Waals surface area contributed by atoms with Crippen LogP contribution in [0.15, 0.2) is 11.6 Å². The second kappa shape index (κ2) is 6.72. The van der Waals surface area contributed by atoms with Crippen molar-refractivity contribution in [2.75, 3.05) is 26.0 Å². The summed E-state index contributed by atoms with van der Waals surface area (Å²) in [7, 11) is -1.94. The Labute approximate surface area is 121 Å². The highest BCUT2D eigenvalue weighted by molar-refractivity contribution is 7.89. The highest BCUT2D eigenvalue weighted by Crippen LogP contribution is 2.32. The van der Waals surface area contributed by atoms with Crippen molar-refractivity contribution in [2.45, 2.75) is 38.5 Å². The third-order valence-electron chi connectivity index (χ3n) is 4.18. The number of rotatable bonds is 5. The Kier molecular flexibility index (Phi) is 5.21. The minimum absolute atomic E-state index is 0.0278. The number of esters is 1. The fourth-order valence-corrected chi connectivity index (χ4v) is 4.47. The Hall–Kier alpha value is -0.880. The van der Waals surface area contributed by atoms with Crippen LogP contribution in [0.4, 0.5) is 0 Å². The summed E-state index contributed by atoms with van der Waals surface area (Å²) in [6.07, 6.45) is 7.12. The molecule has 0 bridgehead atoms. The van der Waals surface area contributed by atoms with Gasteiger partial charge in [-0.15, -0.1) is 0 Å². The van der Waals surface area contributed by atoms with Gasteiger partial charge in [-0.25, -0.2) is 8.42 Å². The van der Waals surface area contributed by atoms with Gasteiger partial charge in [-0.2, -0.15) is 4.31 Å². The van der Waals surface area contributed by atoms with Gasteiger partial charge in [-0.1, -0.05) is 11.6 Å². The molecule has 1 atom stereocenters. The first-order valence-corrected chi connectivity index (χ1v) is 8.87. The van der Waals surface area contributed by atoms with Gasteiger partial charge in [0.25, 0.3) is 0 Å². The monoisotopic (exact) mass is 301 g/mol. The summed E-state index contributed by atoms with van der Waals surface area (Å²) in [5, 5.41) is 0. The Morgan fingerprint density at radius 3 is 3.00 bits per heavy atom. The van der Waals surface area contributed by atoms with E-state index in [9.17, 15) is 13.2 Å². The summed E-state index contributed by atoms with van der Waals surface area (Å²) in [5.74, 6) is 0.263. The van der Waals surface area contributed by atoms with E-state index in [1.807, 2.05) is 0 Å². The molecule has 5 nitrogen and oxygen atoms in total. The third-order valence-corrected chi connectivity index (χ3v) is 6.08. The molecule has 1 unspecified atom stereocenters. The second-order valence-corrected chi connectivity index (χ2v) is 7.61. The standard InChI is InChI=1S/C14H23NO4S/c1-19-14(16)7-4-10-20(17,18)15-9-8-12-5-2-3-6-13(12)11-15/h6,12H,2-5,7-11H2,1H3. The van der Waals surface area contributed by atoms with E-state index in [2.05, 4.69) is 10.8 Å². The maximum absolute atomic E-state index is 12.3. The molecule has 1 saturated heterocycles. The van der Waals surface area contributed by atoms with Crippen LogP contribution in [-0.2, 0) is 19.6 Å². The Balaban J connectivity index is 1.89. The number of nitrogens with zero attached hydrogens (tertiary/aromatic N) is 1. The van der Waals surface area contributed by atoms with Crippen molar-refractivity contribution < 1.29 is 17.9 Å². The van der Waals surface area contributed by atoms with Crippen LogP contribution in [0, 0.1) is 5.92 Å². The minimum Gasteiger partial charge on any atom is -0.469 e. The average molecular weight is 301 g/mol. The van der Waals surface area contributed by atoms with Crippen LogP contribution in [0.5, 0.6) is 0 Å². The maximum atomic E-state index is 12.3. The molecule has 2 aliphatic rings. The van der Waals surface area contributed by atoms with Gasteiger partial charge in [-0.3, -0.25) is 4.79 Å². The van der Waals surface area contributed by atoms with Crippen LogP contribution in [0.3, 0.4) is 0 Å². The van der Waals surface area contributed by atoms with Crippen LogP contribution in [0.2, 0.25) is 0 Å². The number of allylic oxidation sites excluding steroid dienone is 1. The molecule has 0 saturated carbocycles. The van der Waals surface area contributed by atoms with Crippen LogP contribution in [0.1, 0.15) is 38.5 Å². The Morgan fingerprint density at radius 2 is 2.25 bits per heavy atom. The number of fused-ring (bicyclic) bond motifs is 1. The van der Waals surface area contributed by atoms with Gasteiger partial charge in [0.15, 0.2) is 0 Å². The minimum atomic E-state index is -3.25. The maximum Gasteiger partial charge on any atom is 0.305 e. The van der Waals surface area contributed by atoms with E-state index in [1.54, 1.807) is 4.31 Å². The Morgan fingerprint density at radius 1 is 1.45 bits per heavy atom. The molecule has 0 aromatic rings. The fourth-order valence-electron chi connectivity index (χ4n) is 2.98. The molecule has 0 radical (unpaired) electrons. The molecule has 114 valence electrons. The molecular weight excluding hydrogens is 278 g/mol. The Bertz CT molecular complexity index is 483. The van der Waals surface area contributed by atoms with E-state index in [-0.39, 0.29) is 18.1 Å². The summed E-state index contributed by atoms with van der Waals surface area (Å²) < 4.78 is 30.7. The topological polar surface area (TPSA) is 63.7 Å². The first-order valence-electron chi connectivity index (χ1n) is 7.26. The van der Waals surface area contributed by atoms with Gasteiger partial charge < -0.3 is 4.74 Å². The molecule has 1 fully saturated rings. The molecule has 20 heavy (non-hydrogen) atoms. The van der Waals surface area contributed by atoms with Crippen LogP contribution >= 0.6 is 0 Å². The van der Waals surface area contributed by atoms with Gasteiger partial charge in [0, 0.05) is 19.5 Å². The third kappa shape index (κ3) is 3.82. The van der Waals surface area contributed by atoms with Gasteiger partial charge in [-0.05, 0) is 38.0 Å². The lowest BCUT2D eigenvalue weighted by Crippen LogP contribution is -2.41. The van der Waals surface area contributed by atoms with Crippen molar-refractivity contribution in [2.24, 2.45) is 5.92 Å². The molecule has 0 amide bonds. The summed E-state index contributed by atoms with van der Waals surface area (Å²) >= 11 is 0. The van der Waals surface area contributed by atoms with Gasteiger partial charge >= 0.3 is 5.97 Å². The van der Waals surface area contributed by atoms with Crippen molar-refractivity contribution >= 4 is 16.0 Å². The molecule has 0 aromatic heterocycles. The average Bonchev–Trinajstić information content (AvgIpc) is 2.46. The lowest BCUT2D eigenvalue weighted by Gasteiger charge is -2.35. The fraction of sp³-hybridized carbons (Fsp3) is 0.786. The predicted molar refractivity (Wildman–Crippen MR) is 76.7 cm³/mol. The predicted octanol–water partition coefficient (Wildman–Crippen LogP) is 1.70. The zero-order valence-corrected chi connectivity index (χ0v) is 12.8. The zero-order valence-electron chi connectivity index (χ0n) is 12.0. The highest BCUT2D eigenvalue weighted by atomic mass is 32.2. The van der Waals surface area contributed by atoms with E-state index < -0.39 is 10.0 Å². The number of ether oxygens (including phenoxy) is 1. The van der Waals surface area contributed by atoms with Crippen LogP contribution in [-0.4, -0.2) is 44.6 Å². The number of piperidine rings is 1. The molecular formula is C14H23NO4S. The van der Waals surface area contributed by atoms with E-state index in [0.717, 1.165) is 12.8 Å². The van der Waals surface area contributed by atoms with Crippen molar-refractivity contribution in [3.05, 3.63) is 11.6 Å². The second-order valence-electron chi connectivity index (χ2n) is 5.52. The lowest BCUT2D eigenvalue weighted by atomic mass is 9.83. The van der Waals surface area contributed by atoms with Gasteiger partial charge in [0.05, 0.1) is 12.9 Å². The first kappa shape index (κ1) is 15.5. The molecule has 2 rings (SSSR count). The molecule has 1 aliphatic carbocycles. The molecule has 0 aromatic carbocycles. The number of carbonyl (C=O) groups is 1. The van der Waals surface area contributed by atoms with E-state index in [0.29, 0.717) is 25.4 Å². The summed E-state index contributed by atoms with van der Waals surface area (Å²) in [4.78, 5) is 11.0. The summed E-state index contributed by atoms with van der Waals surface area (Å²) in [5.41, 5.74) is 1.29. The largest absolute Gasteiger partial charge is 0.469 e. The van der Waals surface area contributed by atoms with Crippen molar-refractivity contribution in [1.29, 1.82) is 0 Å². The molecule has 0 spiro atoms. The van der Waals surface area contributed by atoms with Crippen molar-refractivity contribution in [3.8, 4) is 0 Å². The van der Waals surface area contributed by atoms with Crippen LogP contribution in [0.25, 0.3) is 0 Å². The lowest BCUT2D eigenvalue weighted by molar-refractivity contribution is -0.140. The zero-order chi connectivity index (χ0) is 14.6. The van der Waals surface area contributed by atoms with Gasteiger partial charge in [0.2, 0.25) is 10.0 Å². The first-order chi connectivity index (χ1) is 9.53. The van der Waals surface area contributed by atoms with Gasteiger partial charge in [0.1, 0.15) is 0 Å². The van der Waals surface area contributed by atoms with Crippen LogP contribution < -0.4 is 0 Å². The normalized spacial score (nSPS) is 23.9. The van der Waals surface area contributed by atoms with Crippen molar-refractivity contribution in [1.82, 2.24) is 4.31 Å². The summed E-state index contributed by atoms with van der Waals surface area (Å²) in [6, 6.07) is 0. The van der Waals surface area contributed by atoms with E-state index in [4.69, 9.17) is 0 Å². The highest BCUT2D eigenvalue weighted by Gasteiger charge is 2.31.